The van der Waals surface area contributed by atoms with Gasteiger partial charge >= 0.3 is 0 Å². The summed E-state index contributed by atoms with van der Waals surface area (Å²) in [5.41, 5.74) is 2.22. The maximum absolute atomic E-state index is 6.30. The number of rotatable bonds is 7. The van der Waals surface area contributed by atoms with Gasteiger partial charge in [0.2, 0.25) is 0 Å². The van der Waals surface area contributed by atoms with Gasteiger partial charge in [-0.2, -0.15) is 5.10 Å². The van der Waals surface area contributed by atoms with Crippen LogP contribution < -0.4 is 5.32 Å². The first-order chi connectivity index (χ1) is 8.22. The lowest BCUT2D eigenvalue weighted by atomic mass is 10.1. The fourth-order valence-electron chi connectivity index (χ4n) is 2.10. The van der Waals surface area contributed by atoms with Crippen molar-refractivity contribution in [1.29, 1.82) is 0 Å². The van der Waals surface area contributed by atoms with Crippen molar-refractivity contribution in [2.45, 2.75) is 51.5 Å². The minimum Gasteiger partial charge on any atom is -0.314 e. The number of aryl methyl sites for hydroxylation is 2. The van der Waals surface area contributed by atoms with E-state index >= 15 is 0 Å². The van der Waals surface area contributed by atoms with Crippen molar-refractivity contribution in [2.75, 3.05) is 6.54 Å². The number of nitrogens with zero attached hydrogens (tertiary/aromatic N) is 2. The van der Waals surface area contributed by atoms with Gasteiger partial charge in [0, 0.05) is 13.1 Å². The molecule has 0 aromatic carbocycles. The number of nitrogens with one attached hydrogen (secondary N) is 1. The SMILES string of the molecule is CCc1nn(C)c(CCCCNC2CC2)c1Cl. The third-order valence-corrected chi connectivity index (χ3v) is 3.79. The molecule has 0 radical (unpaired) electrons. The van der Waals surface area contributed by atoms with Crippen molar-refractivity contribution in [3.05, 3.63) is 16.4 Å². The van der Waals surface area contributed by atoms with Crippen molar-refractivity contribution in [3.8, 4) is 0 Å². The van der Waals surface area contributed by atoms with E-state index in [1.165, 1.54) is 31.4 Å². The second-order valence-corrected chi connectivity index (χ2v) is 5.25. The largest absolute Gasteiger partial charge is 0.314 e. The van der Waals surface area contributed by atoms with Gasteiger partial charge in [0.25, 0.3) is 0 Å². The molecule has 1 aliphatic carbocycles. The summed E-state index contributed by atoms with van der Waals surface area (Å²) in [6.45, 7) is 3.23. The second kappa shape index (κ2) is 5.87. The van der Waals surface area contributed by atoms with Crippen molar-refractivity contribution in [2.24, 2.45) is 7.05 Å². The molecule has 0 atom stereocenters. The standard InChI is InChI=1S/C13H22ClN3/c1-3-11-13(14)12(17(2)16-11)6-4-5-9-15-10-7-8-10/h10,15H,3-9H2,1-2H3. The van der Waals surface area contributed by atoms with Gasteiger partial charge in [-0.05, 0) is 45.1 Å². The molecule has 0 amide bonds. The molecule has 0 bridgehead atoms. The van der Waals surface area contributed by atoms with Crippen LogP contribution in [0.1, 0.15) is 44.0 Å². The predicted molar refractivity (Wildman–Crippen MR) is 71.6 cm³/mol. The quantitative estimate of drug-likeness (QED) is 0.760. The molecule has 1 N–H and O–H groups in total. The molecule has 1 saturated carbocycles. The van der Waals surface area contributed by atoms with E-state index in [1.54, 1.807) is 0 Å². The summed E-state index contributed by atoms with van der Waals surface area (Å²) in [6.07, 6.45) is 7.09. The number of halogens is 1. The topological polar surface area (TPSA) is 29.9 Å². The predicted octanol–water partition coefficient (Wildman–Crippen LogP) is 2.71. The molecular weight excluding hydrogens is 234 g/mol. The van der Waals surface area contributed by atoms with Crippen LogP contribution in [-0.4, -0.2) is 22.4 Å². The highest BCUT2D eigenvalue weighted by molar-refractivity contribution is 6.31. The molecule has 0 aliphatic heterocycles. The van der Waals surface area contributed by atoms with Crippen LogP contribution in [0.2, 0.25) is 5.02 Å². The lowest BCUT2D eigenvalue weighted by Gasteiger charge is -2.04. The van der Waals surface area contributed by atoms with Gasteiger partial charge in [-0.15, -0.1) is 0 Å². The molecular formula is C13H22ClN3. The zero-order chi connectivity index (χ0) is 12.3. The maximum Gasteiger partial charge on any atom is 0.0849 e. The molecule has 2 rings (SSSR count). The number of hydrogen-bond donors (Lipinski definition) is 1. The van der Waals surface area contributed by atoms with E-state index in [9.17, 15) is 0 Å². The van der Waals surface area contributed by atoms with Crippen LogP contribution >= 0.6 is 11.6 Å². The Morgan fingerprint density at radius 3 is 2.76 bits per heavy atom. The zero-order valence-electron chi connectivity index (χ0n) is 10.8. The molecule has 0 unspecified atom stereocenters. The fraction of sp³-hybridized carbons (Fsp3) is 0.769. The van der Waals surface area contributed by atoms with Gasteiger partial charge in [0.1, 0.15) is 0 Å². The van der Waals surface area contributed by atoms with Crippen LogP contribution in [-0.2, 0) is 19.9 Å². The summed E-state index contributed by atoms with van der Waals surface area (Å²) in [4.78, 5) is 0. The average molecular weight is 256 g/mol. The average Bonchev–Trinajstić information content (AvgIpc) is 3.09. The molecule has 96 valence electrons. The van der Waals surface area contributed by atoms with Crippen LogP contribution in [0.15, 0.2) is 0 Å². The summed E-state index contributed by atoms with van der Waals surface area (Å²) in [7, 11) is 1.99. The smallest absolute Gasteiger partial charge is 0.0849 e. The van der Waals surface area contributed by atoms with E-state index in [-0.39, 0.29) is 0 Å². The fourth-order valence-corrected chi connectivity index (χ4v) is 2.49. The summed E-state index contributed by atoms with van der Waals surface area (Å²) in [5, 5.41) is 8.85. The molecule has 1 aromatic heterocycles. The van der Waals surface area contributed by atoms with E-state index in [0.717, 1.165) is 36.1 Å². The third-order valence-electron chi connectivity index (χ3n) is 3.35. The van der Waals surface area contributed by atoms with Crippen LogP contribution in [0.3, 0.4) is 0 Å². The second-order valence-electron chi connectivity index (χ2n) is 4.87. The van der Waals surface area contributed by atoms with E-state index in [0.29, 0.717) is 0 Å². The Morgan fingerprint density at radius 1 is 1.41 bits per heavy atom. The highest BCUT2D eigenvalue weighted by atomic mass is 35.5. The van der Waals surface area contributed by atoms with E-state index < -0.39 is 0 Å². The summed E-state index contributed by atoms with van der Waals surface area (Å²) < 4.78 is 1.94. The van der Waals surface area contributed by atoms with Crippen LogP contribution in [0.25, 0.3) is 0 Å². The monoisotopic (exact) mass is 255 g/mol. The first kappa shape index (κ1) is 12.9. The van der Waals surface area contributed by atoms with Gasteiger partial charge in [0.15, 0.2) is 0 Å². The van der Waals surface area contributed by atoms with Crippen molar-refractivity contribution in [1.82, 2.24) is 15.1 Å². The Kier molecular flexibility index (Phi) is 4.46. The molecule has 1 heterocycles. The molecule has 1 aromatic rings. The molecule has 0 saturated heterocycles. The van der Waals surface area contributed by atoms with Crippen molar-refractivity contribution >= 4 is 11.6 Å². The summed E-state index contributed by atoms with van der Waals surface area (Å²) in [5.74, 6) is 0. The number of unbranched alkanes of at least 4 members (excludes halogenated alkanes) is 1. The van der Waals surface area contributed by atoms with E-state index in [1.807, 2.05) is 11.7 Å². The lowest BCUT2D eigenvalue weighted by molar-refractivity contribution is 0.602. The molecule has 17 heavy (non-hydrogen) atoms. The lowest BCUT2D eigenvalue weighted by Crippen LogP contribution is -2.17. The zero-order valence-corrected chi connectivity index (χ0v) is 11.6. The summed E-state index contributed by atoms with van der Waals surface area (Å²) in [6, 6.07) is 0.821. The van der Waals surface area contributed by atoms with Gasteiger partial charge < -0.3 is 5.32 Å². The van der Waals surface area contributed by atoms with E-state index in [2.05, 4.69) is 17.3 Å². The first-order valence-corrected chi connectivity index (χ1v) is 7.03. The Bertz CT molecular complexity index is 369. The third kappa shape index (κ3) is 3.46. The van der Waals surface area contributed by atoms with Gasteiger partial charge in [-0.25, -0.2) is 0 Å². The molecule has 1 aliphatic rings. The van der Waals surface area contributed by atoms with Crippen LogP contribution in [0, 0.1) is 0 Å². The van der Waals surface area contributed by atoms with Crippen LogP contribution in [0.5, 0.6) is 0 Å². The molecule has 1 fully saturated rings. The van der Waals surface area contributed by atoms with Crippen molar-refractivity contribution < 1.29 is 0 Å². The van der Waals surface area contributed by atoms with Crippen LogP contribution in [0.4, 0.5) is 0 Å². The highest BCUT2D eigenvalue weighted by Gasteiger charge is 2.19. The minimum atomic E-state index is 0.821. The van der Waals surface area contributed by atoms with Gasteiger partial charge in [-0.1, -0.05) is 18.5 Å². The van der Waals surface area contributed by atoms with Crippen molar-refractivity contribution in [3.63, 3.8) is 0 Å². The minimum absolute atomic E-state index is 0.821. The van der Waals surface area contributed by atoms with Gasteiger partial charge in [-0.3, -0.25) is 4.68 Å². The normalized spacial score (nSPS) is 15.5. The Hall–Kier alpha value is -0.540. The molecule has 0 spiro atoms. The highest BCUT2D eigenvalue weighted by Crippen LogP contribution is 2.22. The first-order valence-electron chi connectivity index (χ1n) is 6.66. The number of hydrogen-bond acceptors (Lipinski definition) is 2. The number of aromatic nitrogens is 2. The molecule has 3 nitrogen and oxygen atoms in total. The van der Waals surface area contributed by atoms with Gasteiger partial charge in [0.05, 0.1) is 16.4 Å². The maximum atomic E-state index is 6.30. The Labute approximate surface area is 109 Å². The Balaban J connectivity index is 1.75. The Morgan fingerprint density at radius 2 is 2.18 bits per heavy atom. The van der Waals surface area contributed by atoms with E-state index in [4.69, 9.17) is 11.6 Å². The summed E-state index contributed by atoms with van der Waals surface area (Å²) >= 11 is 6.30. The molecule has 4 heteroatoms.